The molecule has 0 aliphatic heterocycles. The van der Waals surface area contributed by atoms with Gasteiger partial charge in [-0.2, -0.15) is 0 Å². The Morgan fingerprint density at radius 1 is 1.14 bits per heavy atom. The number of amides is 1. The molecule has 2 rings (SSSR count). The van der Waals surface area contributed by atoms with E-state index < -0.39 is 0 Å². The number of carbonyl (C=O) groups excluding carboxylic acids is 1. The topological polar surface area (TPSA) is 73.6 Å². The lowest BCUT2D eigenvalue weighted by Crippen LogP contribution is -2.14. The number of hydrogen-bond donors (Lipinski definition) is 2. The summed E-state index contributed by atoms with van der Waals surface area (Å²) in [5.74, 6) is 0.695. The molecule has 0 saturated heterocycles. The van der Waals surface area contributed by atoms with E-state index in [1.165, 1.54) is 13.2 Å². The number of benzene rings is 2. The van der Waals surface area contributed by atoms with Crippen molar-refractivity contribution >= 4 is 28.9 Å². The fourth-order valence-corrected chi connectivity index (χ4v) is 2.00. The van der Waals surface area contributed by atoms with Crippen LogP contribution >= 0.6 is 11.6 Å². The summed E-state index contributed by atoms with van der Waals surface area (Å²) in [5, 5.41) is 3.17. The average Bonchev–Trinajstić information content (AvgIpc) is 2.49. The average molecular weight is 307 g/mol. The minimum Gasteiger partial charge on any atom is -0.497 e. The molecule has 21 heavy (non-hydrogen) atoms. The highest BCUT2D eigenvalue weighted by atomic mass is 35.5. The van der Waals surface area contributed by atoms with Crippen molar-refractivity contribution < 1.29 is 14.3 Å². The second-order valence-corrected chi connectivity index (χ2v) is 4.69. The molecule has 5 nitrogen and oxygen atoms in total. The fourth-order valence-electron chi connectivity index (χ4n) is 1.83. The molecule has 0 fully saturated rings. The zero-order valence-electron chi connectivity index (χ0n) is 11.6. The van der Waals surface area contributed by atoms with Gasteiger partial charge in [-0.25, -0.2) is 0 Å². The van der Waals surface area contributed by atoms with Gasteiger partial charge in [0.2, 0.25) is 0 Å². The first-order chi connectivity index (χ1) is 10.0. The Hall–Kier alpha value is -2.40. The predicted molar refractivity (Wildman–Crippen MR) is 83.4 cm³/mol. The molecule has 110 valence electrons. The van der Waals surface area contributed by atoms with Crippen LogP contribution in [0.15, 0.2) is 36.4 Å². The van der Waals surface area contributed by atoms with Gasteiger partial charge in [0.05, 0.1) is 31.2 Å². The molecule has 2 aromatic carbocycles. The third-order valence-electron chi connectivity index (χ3n) is 2.91. The Bertz CT molecular complexity index is 674. The maximum atomic E-state index is 12.3. The number of nitrogen functional groups attached to an aromatic ring is 1. The van der Waals surface area contributed by atoms with E-state index in [0.717, 1.165) is 0 Å². The van der Waals surface area contributed by atoms with Gasteiger partial charge in [-0.3, -0.25) is 4.79 Å². The Morgan fingerprint density at radius 3 is 2.52 bits per heavy atom. The number of hydrogen-bond acceptors (Lipinski definition) is 4. The Morgan fingerprint density at radius 2 is 1.90 bits per heavy atom. The number of nitrogens with one attached hydrogen (secondary N) is 1. The van der Waals surface area contributed by atoms with Gasteiger partial charge in [-0.15, -0.1) is 0 Å². The normalized spacial score (nSPS) is 10.0. The first kappa shape index (κ1) is 15.0. The molecule has 0 saturated carbocycles. The first-order valence-corrected chi connectivity index (χ1v) is 6.51. The summed E-state index contributed by atoms with van der Waals surface area (Å²) in [6.07, 6.45) is 0. The van der Waals surface area contributed by atoms with Gasteiger partial charge in [0.25, 0.3) is 5.91 Å². The number of carbonyl (C=O) groups is 1. The number of rotatable bonds is 4. The molecule has 0 aliphatic rings. The molecule has 0 atom stereocenters. The van der Waals surface area contributed by atoms with E-state index in [2.05, 4.69) is 5.32 Å². The highest BCUT2D eigenvalue weighted by molar-refractivity contribution is 6.31. The van der Waals surface area contributed by atoms with Crippen LogP contribution in [-0.2, 0) is 0 Å². The molecule has 0 heterocycles. The molecule has 6 heteroatoms. The van der Waals surface area contributed by atoms with Crippen LogP contribution in [0.5, 0.6) is 11.5 Å². The van der Waals surface area contributed by atoms with Crippen LogP contribution in [0.4, 0.5) is 11.4 Å². The van der Waals surface area contributed by atoms with Crippen molar-refractivity contribution in [3.05, 3.63) is 47.0 Å². The SMILES string of the molecule is COc1ccc(NC(=O)c2cc(Cl)ccc2OC)c(N)c1. The maximum Gasteiger partial charge on any atom is 0.259 e. The van der Waals surface area contributed by atoms with Gasteiger partial charge < -0.3 is 20.5 Å². The molecule has 0 bridgehead atoms. The number of anilines is 2. The third-order valence-corrected chi connectivity index (χ3v) is 3.15. The summed E-state index contributed by atoms with van der Waals surface area (Å²) in [4.78, 5) is 12.3. The van der Waals surface area contributed by atoms with Crippen molar-refractivity contribution in [2.45, 2.75) is 0 Å². The lowest BCUT2D eigenvalue weighted by molar-refractivity contribution is 0.102. The van der Waals surface area contributed by atoms with Crippen LogP contribution in [-0.4, -0.2) is 20.1 Å². The molecule has 0 unspecified atom stereocenters. The summed E-state index contributed by atoms with van der Waals surface area (Å²) in [5.41, 5.74) is 7.10. The summed E-state index contributed by atoms with van der Waals surface area (Å²) >= 11 is 5.91. The fraction of sp³-hybridized carbons (Fsp3) is 0.133. The lowest BCUT2D eigenvalue weighted by atomic mass is 10.1. The van der Waals surface area contributed by atoms with E-state index in [-0.39, 0.29) is 5.91 Å². The van der Waals surface area contributed by atoms with Crippen LogP contribution in [0.3, 0.4) is 0 Å². The van der Waals surface area contributed by atoms with Gasteiger partial charge in [0.1, 0.15) is 11.5 Å². The highest BCUT2D eigenvalue weighted by Gasteiger charge is 2.14. The van der Waals surface area contributed by atoms with Crippen LogP contribution in [0.25, 0.3) is 0 Å². The molecular weight excluding hydrogens is 292 g/mol. The standard InChI is InChI=1S/C15H15ClN2O3/c1-20-10-4-5-13(12(17)8-10)18-15(19)11-7-9(16)3-6-14(11)21-2/h3-8H,17H2,1-2H3,(H,18,19). The van der Waals surface area contributed by atoms with E-state index in [9.17, 15) is 4.79 Å². The largest absolute Gasteiger partial charge is 0.497 e. The highest BCUT2D eigenvalue weighted by Crippen LogP contribution is 2.27. The number of methoxy groups -OCH3 is 2. The smallest absolute Gasteiger partial charge is 0.259 e. The Balaban J connectivity index is 2.28. The van der Waals surface area contributed by atoms with Crippen LogP contribution in [0.1, 0.15) is 10.4 Å². The zero-order chi connectivity index (χ0) is 15.4. The van der Waals surface area contributed by atoms with Crippen molar-refractivity contribution in [3.63, 3.8) is 0 Å². The Labute approximate surface area is 127 Å². The van der Waals surface area contributed by atoms with E-state index in [1.807, 2.05) is 0 Å². The van der Waals surface area contributed by atoms with Crippen molar-refractivity contribution in [1.29, 1.82) is 0 Å². The van der Waals surface area contributed by atoms with Crippen molar-refractivity contribution in [3.8, 4) is 11.5 Å². The van der Waals surface area contributed by atoms with Crippen LogP contribution in [0, 0.1) is 0 Å². The number of nitrogens with two attached hydrogens (primary N) is 1. The number of halogens is 1. The molecule has 0 spiro atoms. The molecular formula is C15H15ClN2O3. The van der Waals surface area contributed by atoms with Crippen molar-refractivity contribution in [1.82, 2.24) is 0 Å². The van der Waals surface area contributed by atoms with E-state index in [1.54, 1.807) is 37.4 Å². The monoisotopic (exact) mass is 306 g/mol. The molecule has 0 aromatic heterocycles. The second kappa shape index (κ2) is 6.37. The summed E-state index contributed by atoms with van der Waals surface area (Å²) in [6, 6.07) is 9.83. The predicted octanol–water partition coefficient (Wildman–Crippen LogP) is 3.19. The van der Waals surface area contributed by atoms with Gasteiger partial charge in [-0.1, -0.05) is 11.6 Å². The minimum absolute atomic E-state index is 0.334. The van der Waals surface area contributed by atoms with Crippen molar-refractivity contribution in [2.75, 3.05) is 25.3 Å². The van der Waals surface area contributed by atoms with Gasteiger partial charge in [0.15, 0.2) is 0 Å². The molecule has 3 N–H and O–H groups in total. The number of ether oxygens (including phenoxy) is 2. The molecule has 1 amide bonds. The molecule has 0 aliphatic carbocycles. The lowest BCUT2D eigenvalue weighted by Gasteiger charge is -2.12. The molecule has 2 aromatic rings. The minimum atomic E-state index is -0.355. The van der Waals surface area contributed by atoms with Crippen LogP contribution < -0.4 is 20.5 Å². The van der Waals surface area contributed by atoms with E-state index in [4.69, 9.17) is 26.8 Å². The zero-order valence-corrected chi connectivity index (χ0v) is 12.4. The van der Waals surface area contributed by atoms with Gasteiger partial charge in [-0.05, 0) is 30.3 Å². The van der Waals surface area contributed by atoms with E-state index >= 15 is 0 Å². The second-order valence-electron chi connectivity index (χ2n) is 4.25. The summed E-state index contributed by atoms with van der Waals surface area (Å²) in [7, 11) is 3.03. The maximum absolute atomic E-state index is 12.3. The third kappa shape index (κ3) is 3.38. The van der Waals surface area contributed by atoms with Crippen LogP contribution in [0.2, 0.25) is 5.02 Å². The van der Waals surface area contributed by atoms with E-state index in [0.29, 0.717) is 33.5 Å². The first-order valence-electron chi connectivity index (χ1n) is 6.13. The van der Waals surface area contributed by atoms with Gasteiger partial charge >= 0.3 is 0 Å². The Kier molecular flexibility index (Phi) is 4.55. The van der Waals surface area contributed by atoms with Gasteiger partial charge in [0, 0.05) is 11.1 Å². The summed E-state index contributed by atoms with van der Waals surface area (Å²) in [6.45, 7) is 0. The molecule has 0 radical (unpaired) electrons. The van der Waals surface area contributed by atoms with Crippen molar-refractivity contribution in [2.24, 2.45) is 0 Å². The quantitative estimate of drug-likeness (QED) is 0.851. The summed E-state index contributed by atoms with van der Waals surface area (Å²) < 4.78 is 10.2.